The Balaban J connectivity index is 2.55. The molecule has 1 aliphatic carbocycles. The molecule has 15 heavy (non-hydrogen) atoms. The lowest BCUT2D eigenvalue weighted by atomic mass is 9.85. The standard InChI is InChI=1S/C12H24O2Si/c1-10(2,3)15-14-11(4,5)12(6-7-12)8-9-13/h9H,6-8,15H2,1-5H3. The van der Waals surface area contributed by atoms with Crippen molar-refractivity contribution < 1.29 is 9.22 Å². The smallest absolute Gasteiger partial charge is 0.167 e. The van der Waals surface area contributed by atoms with Crippen LogP contribution in [-0.2, 0) is 9.22 Å². The Morgan fingerprint density at radius 1 is 1.27 bits per heavy atom. The van der Waals surface area contributed by atoms with Gasteiger partial charge in [0.25, 0.3) is 0 Å². The lowest BCUT2D eigenvalue weighted by Crippen LogP contribution is -2.39. The summed E-state index contributed by atoms with van der Waals surface area (Å²) in [5.41, 5.74) is 0.0560. The minimum Gasteiger partial charge on any atom is -0.418 e. The summed E-state index contributed by atoms with van der Waals surface area (Å²) in [7, 11) is -0.527. The Labute approximate surface area is 95.7 Å². The summed E-state index contributed by atoms with van der Waals surface area (Å²) in [5.74, 6) is 0. The normalized spacial score (nSPS) is 20.9. The molecule has 0 bridgehead atoms. The summed E-state index contributed by atoms with van der Waals surface area (Å²) >= 11 is 0. The van der Waals surface area contributed by atoms with E-state index in [2.05, 4.69) is 34.6 Å². The van der Waals surface area contributed by atoms with Crippen LogP contribution in [0.25, 0.3) is 0 Å². The van der Waals surface area contributed by atoms with Gasteiger partial charge in [0.1, 0.15) is 6.29 Å². The molecule has 0 amide bonds. The summed E-state index contributed by atoms with van der Waals surface area (Å²) in [6.45, 7) is 11.0. The van der Waals surface area contributed by atoms with Gasteiger partial charge in [-0.1, -0.05) is 20.8 Å². The van der Waals surface area contributed by atoms with Crippen molar-refractivity contribution in [3.8, 4) is 0 Å². The molecule has 0 radical (unpaired) electrons. The number of aldehydes is 1. The van der Waals surface area contributed by atoms with Crippen molar-refractivity contribution in [1.82, 2.24) is 0 Å². The minimum atomic E-state index is -0.527. The first-order valence-electron chi connectivity index (χ1n) is 5.80. The van der Waals surface area contributed by atoms with E-state index in [4.69, 9.17) is 4.43 Å². The number of carbonyl (C=O) groups excluding carboxylic acids is 1. The molecule has 0 aliphatic heterocycles. The molecule has 0 aromatic heterocycles. The van der Waals surface area contributed by atoms with Crippen molar-refractivity contribution in [3.63, 3.8) is 0 Å². The van der Waals surface area contributed by atoms with E-state index < -0.39 is 9.76 Å². The fourth-order valence-electron chi connectivity index (χ4n) is 1.91. The van der Waals surface area contributed by atoms with Crippen LogP contribution in [0.5, 0.6) is 0 Å². The SMILES string of the molecule is CC(C)(C)[SiH2]OC(C)(C)C1(CC=O)CC1. The molecule has 0 unspecified atom stereocenters. The zero-order chi connectivity index (χ0) is 11.7. The summed E-state index contributed by atoms with van der Waals surface area (Å²) in [4.78, 5) is 10.7. The molecule has 2 nitrogen and oxygen atoms in total. The van der Waals surface area contributed by atoms with Crippen molar-refractivity contribution in [2.45, 2.75) is 64.5 Å². The van der Waals surface area contributed by atoms with Crippen LogP contribution in [0.1, 0.15) is 53.9 Å². The molecule has 1 aliphatic rings. The lowest BCUT2D eigenvalue weighted by Gasteiger charge is -2.36. The monoisotopic (exact) mass is 228 g/mol. The Hall–Kier alpha value is -0.153. The van der Waals surface area contributed by atoms with Gasteiger partial charge >= 0.3 is 0 Å². The van der Waals surface area contributed by atoms with E-state index in [9.17, 15) is 4.79 Å². The number of carbonyl (C=O) groups is 1. The maximum atomic E-state index is 10.7. The summed E-state index contributed by atoms with van der Waals surface area (Å²) in [6.07, 6.45) is 4.02. The third-order valence-electron chi connectivity index (χ3n) is 3.47. The number of hydrogen-bond donors (Lipinski definition) is 0. The molecule has 0 aromatic rings. The third-order valence-corrected chi connectivity index (χ3v) is 5.20. The van der Waals surface area contributed by atoms with Crippen LogP contribution in [0, 0.1) is 5.41 Å². The zero-order valence-electron chi connectivity index (χ0n) is 10.7. The van der Waals surface area contributed by atoms with Gasteiger partial charge in [-0.05, 0) is 31.7 Å². The van der Waals surface area contributed by atoms with E-state index in [1.807, 2.05) is 0 Å². The molecule has 0 spiro atoms. The van der Waals surface area contributed by atoms with Gasteiger partial charge in [0.2, 0.25) is 0 Å². The highest BCUT2D eigenvalue weighted by Crippen LogP contribution is 2.57. The highest BCUT2D eigenvalue weighted by atomic mass is 28.2. The van der Waals surface area contributed by atoms with Crippen LogP contribution in [0.2, 0.25) is 5.04 Å². The van der Waals surface area contributed by atoms with Crippen LogP contribution < -0.4 is 0 Å². The molecule has 0 heterocycles. The average molecular weight is 228 g/mol. The molecule has 88 valence electrons. The predicted octanol–water partition coefficient (Wildman–Crippen LogP) is 2.45. The second kappa shape index (κ2) is 4.02. The first-order valence-corrected chi connectivity index (χ1v) is 7.09. The van der Waals surface area contributed by atoms with Crippen LogP contribution >= 0.6 is 0 Å². The van der Waals surface area contributed by atoms with E-state index in [1.54, 1.807) is 0 Å². The first-order chi connectivity index (χ1) is 6.72. The Morgan fingerprint density at radius 2 is 1.80 bits per heavy atom. The van der Waals surface area contributed by atoms with E-state index in [-0.39, 0.29) is 11.0 Å². The molecule has 1 saturated carbocycles. The zero-order valence-corrected chi connectivity index (χ0v) is 12.1. The molecule has 0 aromatic carbocycles. The Bertz CT molecular complexity index is 236. The Kier molecular flexibility index (Phi) is 3.46. The van der Waals surface area contributed by atoms with Crippen molar-refractivity contribution in [1.29, 1.82) is 0 Å². The summed E-state index contributed by atoms with van der Waals surface area (Å²) in [5, 5.41) is 0.328. The molecule has 0 saturated heterocycles. The van der Waals surface area contributed by atoms with Crippen LogP contribution in [0.15, 0.2) is 0 Å². The highest BCUT2D eigenvalue weighted by Gasteiger charge is 2.54. The second-order valence-corrected chi connectivity index (χ2v) is 9.21. The molecule has 0 N–H and O–H groups in total. The maximum Gasteiger partial charge on any atom is 0.167 e. The van der Waals surface area contributed by atoms with Crippen molar-refractivity contribution >= 4 is 16.0 Å². The number of rotatable bonds is 5. The van der Waals surface area contributed by atoms with Gasteiger partial charge < -0.3 is 9.22 Å². The van der Waals surface area contributed by atoms with Crippen LogP contribution in [0.4, 0.5) is 0 Å². The molecular formula is C12H24O2Si. The van der Waals surface area contributed by atoms with Crippen LogP contribution in [-0.4, -0.2) is 21.7 Å². The Morgan fingerprint density at radius 3 is 2.13 bits per heavy atom. The van der Waals surface area contributed by atoms with Gasteiger partial charge in [0, 0.05) is 11.8 Å². The van der Waals surface area contributed by atoms with E-state index in [0.29, 0.717) is 11.5 Å². The van der Waals surface area contributed by atoms with Crippen LogP contribution in [0.3, 0.4) is 0 Å². The third kappa shape index (κ3) is 3.15. The summed E-state index contributed by atoms with van der Waals surface area (Å²) < 4.78 is 6.15. The van der Waals surface area contributed by atoms with E-state index >= 15 is 0 Å². The summed E-state index contributed by atoms with van der Waals surface area (Å²) in [6, 6.07) is 0. The van der Waals surface area contributed by atoms with Crippen molar-refractivity contribution in [3.05, 3.63) is 0 Å². The highest BCUT2D eigenvalue weighted by molar-refractivity contribution is 6.31. The molecule has 1 fully saturated rings. The first kappa shape index (κ1) is 12.9. The fraction of sp³-hybridized carbons (Fsp3) is 0.917. The van der Waals surface area contributed by atoms with Gasteiger partial charge in [0.15, 0.2) is 9.76 Å². The van der Waals surface area contributed by atoms with Gasteiger partial charge in [0.05, 0.1) is 5.60 Å². The van der Waals surface area contributed by atoms with Gasteiger partial charge in [-0.25, -0.2) is 0 Å². The largest absolute Gasteiger partial charge is 0.418 e. The minimum absolute atomic E-state index is 0.104. The topological polar surface area (TPSA) is 26.3 Å². The fourth-order valence-corrected chi connectivity index (χ4v) is 3.01. The predicted molar refractivity (Wildman–Crippen MR) is 65.8 cm³/mol. The van der Waals surface area contributed by atoms with E-state index in [0.717, 1.165) is 19.1 Å². The molecule has 1 rings (SSSR count). The molecular weight excluding hydrogens is 204 g/mol. The number of hydrogen-bond acceptors (Lipinski definition) is 2. The van der Waals surface area contributed by atoms with Crippen molar-refractivity contribution in [2.24, 2.45) is 5.41 Å². The van der Waals surface area contributed by atoms with Gasteiger partial charge in [-0.15, -0.1) is 0 Å². The van der Waals surface area contributed by atoms with Gasteiger partial charge in [-0.2, -0.15) is 0 Å². The molecule has 3 heteroatoms. The van der Waals surface area contributed by atoms with Crippen molar-refractivity contribution in [2.75, 3.05) is 0 Å². The second-order valence-electron chi connectivity index (χ2n) is 6.51. The lowest BCUT2D eigenvalue weighted by molar-refractivity contribution is -0.111. The maximum absolute atomic E-state index is 10.7. The molecule has 0 atom stereocenters. The average Bonchev–Trinajstić information content (AvgIpc) is 2.82. The van der Waals surface area contributed by atoms with E-state index in [1.165, 1.54) is 0 Å². The van der Waals surface area contributed by atoms with Gasteiger partial charge in [-0.3, -0.25) is 0 Å². The quantitative estimate of drug-likeness (QED) is 0.534.